The molecule has 160 valence electrons. The molecule has 1 aliphatic heterocycles. The fourth-order valence-electron chi connectivity index (χ4n) is 4.03. The Labute approximate surface area is 183 Å². The molecule has 0 saturated carbocycles. The van der Waals surface area contributed by atoms with Crippen molar-refractivity contribution in [1.82, 2.24) is 15.3 Å². The first-order valence-electron chi connectivity index (χ1n) is 10.8. The maximum absolute atomic E-state index is 12.6. The van der Waals surface area contributed by atoms with Gasteiger partial charge in [-0.25, -0.2) is 9.97 Å². The first-order chi connectivity index (χ1) is 15.2. The second-order valence-electron chi connectivity index (χ2n) is 7.74. The van der Waals surface area contributed by atoms with Crippen LogP contribution in [-0.2, 0) is 11.2 Å². The lowest BCUT2D eigenvalue weighted by molar-refractivity contribution is -0.125. The predicted molar refractivity (Wildman–Crippen MR) is 122 cm³/mol. The molecule has 1 aliphatic rings. The van der Waals surface area contributed by atoms with Gasteiger partial charge in [0.15, 0.2) is 0 Å². The van der Waals surface area contributed by atoms with Crippen LogP contribution >= 0.6 is 0 Å². The molecule has 6 nitrogen and oxygen atoms in total. The zero-order valence-electron chi connectivity index (χ0n) is 17.8. The molecule has 1 saturated heterocycles. The van der Waals surface area contributed by atoms with E-state index in [1.807, 2.05) is 60.7 Å². The topological polar surface area (TPSA) is 67.3 Å². The number of hydrogen-bond acceptors (Lipinski definition) is 5. The van der Waals surface area contributed by atoms with Crippen LogP contribution < -0.4 is 15.0 Å². The van der Waals surface area contributed by atoms with Crippen LogP contribution in [0.3, 0.4) is 0 Å². The Kier molecular flexibility index (Phi) is 6.77. The van der Waals surface area contributed by atoms with Crippen molar-refractivity contribution in [2.45, 2.75) is 19.3 Å². The molecule has 2 heterocycles. The Morgan fingerprint density at radius 3 is 2.58 bits per heavy atom. The van der Waals surface area contributed by atoms with Crippen molar-refractivity contribution in [3.63, 3.8) is 0 Å². The highest BCUT2D eigenvalue weighted by Crippen LogP contribution is 2.25. The minimum Gasteiger partial charge on any atom is -0.496 e. The third-order valence-corrected chi connectivity index (χ3v) is 5.80. The number of anilines is 1. The Balaban J connectivity index is 1.28. The number of nitrogens with zero attached hydrogens (tertiary/aromatic N) is 3. The van der Waals surface area contributed by atoms with Crippen molar-refractivity contribution >= 4 is 11.7 Å². The van der Waals surface area contributed by atoms with Gasteiger partial charge in [0.25, 0.3) is 0 Å². The van der Waals surface area contributed by atoms with Gasteiger partial charge in [0.05, 0.1) is 12.8 Å². The molecule has 0 unspecified atom stereocenters. The van der Waals surface area contributed by atoms with Gasteiger partial charge in [0, 0.05) is 37.2 Å². The summed E-state index contributed by atoms with van der Waals surface area (Å²) in [6, 6.07) is 20.1. The number of benzene rings is 2. The van der Waals surface area contributed by atoms with Gasteiger partial charge in [-0.2, -0.15) is 0 Å². The monoisotopic (exact) mass is 416 g/mol. The minimum atomic E-state index is 0.0457. The zero-order chi connectivity index (χ0) is 21.5. The van der Waals surface area contributed by atoms with Crippen molar-refractivity contribution in [2.75, 3.05) is 31.6 Å². The third kappa shape index (κ3) is 5.20. The number of carbonyl (C=O) groups excluding carboxylic acids is 1. The number of rotatable bonds is 7. The summed E-state index contributed by atoms with van der Waals surface area (Å²) in [7, 11) is 1.67. The van der Waals surface area contributed by atoms with E-state index in [4.69, 9.17) is 4.74 Å². The summed E-state index contributed by atoms with van der Waals surface area (Å²) in [5, 5.41) is 3.10. The van der Waals surface area contributed by atoms with Crippen molar-refractivity contribution in [2.24, 2.45) is 5.92 Å². The summed E-state index contributed by atoms with van der Waals surface area (Å²) >= 11 is 0. The van der Waals surface area contributed by atoms with E-state index in [2.05, 4.69) is 20.2 Å². The number of hydrogen-bond donors (Lipinski definition) is 1. The summed E-state index contributed by atoms with van der Waals surface area (Å²) in [6.45, 7) is 2.25. The summed E-state index contributed by atoms with van der Waals surface area (Å²) in [4.78, 5) is 23.7. The molecule has 2 aromatic carbocycles. The molecule has 0 bridgehead atoms. The maximum Gasteiger partial charge on any atom is 0.223 e. The molecule has 1 aromatic heterocycles. The van der Waals surface area contributed by atoms with Crippen molar-refractivity contribution in [1.29, 1.82) is 0 Å². The quantitative estimate of drug-likeness (QED) is 0.636. The summed E-state index contributed by atoms with van der Waals surface area (Å²) < 4.78 is 5.38. The molecular weight excluding hydrogens is 388 g/mol. The minimum absolute atomic E-state index is 0.0457. The Hall–Kier alpha value is -3.41. The Morgan fingerprint density at radius 1 is 1.06 bits per heavy atom. The second kappa shape index (κ2) is 10.1. The normalized spacial score (nSPS) is 14.3. The summed E-state index contributed by atoms with van der Waals surface area (Å²) in [5.74, 6) is 1.97. The summed E-state index contributed by atoms with van der Waals surface area (Å²) in [6.07, 6.45) is 4.03. The van der Waals surface area contributed by atoms with E-state index in [0.717, 1.165) is 60.7 Å². The third-order valence-electron chi connectivity index (χ3n) is 5.80. The van der Waals surface area contributed by atoms with Crippen LogP contribution in [0.2, 0.25) is 0 Å². The van der Waals surface area contributed by atoms with Gasteiger partial charge < -0.3 is 15.0 Å². The van der Waals surface area contributed by atoms with E-state index in [1.54, 1.807) is 13.4 Å². The van der Waals surface area contributed by atoms with E-state index in [0.29, 0.717) is 6.54 Å². The molecule has 6 heteroatoms. The van der Waals surface area contributed by atoms with E-state index in [1.165, 1.54) is 0 Å². The molecule has 1 fully saturated rings. The van der Waals surface area contributed by atoms with Gasteiger partial charge in [0.2, 0.25) is 5.91 Å². The lowest BCUT2D eigenvalue weighted by Gasteiger charge is -2.32. The first-order valence-corrected chi connectivity index (χ1v) is 10.8. The van der Waals surface area contributed by atoms with Crippen molar-refractivity contribution in [3.8, 4) is 17.0 Å². The molecule has 0 radical (unpaired) electrons. The number of aromatic nitrogens is 2. The van der Waals surface area contributed by atoms with Crippen LogP contribution in [0.5, 0.6) is 5.75 Å². The highest BCUT2D eigenvalue weighted by molar-refractivity contribution is 5.79. The predicted octanol–water partition coefficient (Wildman–Crippen LogP) is 3.73. The first kappa shape index (κ1) is 20.8. The number of nitrogens with one attached hydrogen (secondary N) is 1. The van der Waals surface area contributed by atoms with Gasteiger partial charge in [-0.05, 0) is 30.9 Å². The van der Waals surface area contributed by atoms with Crippen LogP contribution in [0.15, 0.2) is 67.0 Å². The molecule has 0 spiro atoms. The number of carbonyl (C=O) groups is 1. The zero-order valence-corrected chi connectivity index (χ0v) is 17.8. The van der Waals surface area contributed by atoms with E-state index >= 15 is 0 Å². The number of para-hydroxylation sites is 1. The largest absolute Gasteiger partial charge is 0.496 e. The lowest BCUT2D eigenvalue weighted by atomic mass is 9.95. The molecule has 31 heavy (non-hydrogen) atoms. The smallest absolute Gasteiger partial charge is 0.223 e. The SMILES string of the molecule is COc1ccccc1CCNC(=O)C1CCN(c2cc(-c3ccccc3)ncn2)CC1. The number of amides is 1. The van der Waals surface area contributed by atoms with Crippen LogP contribution in [-0.4, -0.2) is 42.6 Å². The number of methoxy groups -OCH3 is 1. The van der Waals surface area contributed by atoms with Gasteiger partial charge in [0.1, 0.15) is 17.9 Å². The van der Waals surface area contributed by atoms with Crippen LogP contribution in [0.4, 0.5) is 5.82 Å². The average molecular weight is 417 g/mol. The van der Waals surface area contributed by atoms with Crippen molar-refractivity contribution < 1.29 is 9.53 Å². The van der Waals surface area contributed by atoms with Crippen molar-refractivity contribution in [3.05, 3.63) is 72.6 Å². The number of ether oxygens (including phenoxy) is 1. The van der Waals surface area contributed by atoms with E-state index in [-0.39, 0.29) is 11.8 Å². The highest BCUT2D eigenvalue weighted by atomic mass is 16.5. The van der Waals surface area contributed by atoms with Gasteiger partial charge in [-0.1, -0.05) is 48.5 Å². The molecule has 3 aromatic rings. The highest BCUT2D eigenvalue weighted by Gasteiger charge is 2.25. The van der Waals surface area contributed by atoms with E-state index in [9.17, 15) is 4.79 Å². The molecular formula is C25H28N4O2. The van der Waals surface area contributed by atoms with Crippen LogP contribution in [0.25, 0.3) is 11.3 Å². The average Bonchev–Trinajstić information content (AvgIpc) is 2.85. The second-order valence-corrected chi connectivity index (χ2v) is 7.74. The van der Waals surface area contributed by atoms with Gasteiger partial charge in [-0.15, -0.1) is 0 Å². The van der Waals surface area contributed by atoms with Crippen LogP contribution in [0, 0.1) is 5.92 Å². The molecule has 0 aliphatic carbocycles. The maximum atomic E-state index is 12.6. The van der Waals surface area contributed by atoms with Crippen LogP contribution in [0.1, 0.15) is 18.4 Å². The number of piperidine rings is 1. The van der Waals surface area contributed by atoms with Gasteiger partial charge in [-0.3, -0.25) is 4.79 Å². The lowest BCUT2D eigenvalue weighted by Crippen LogP contribution is -2.41. The molecule has 4 rings (SSSR count). The molecule has 0 atom stereocenters. The Morgan fingerprint density at radius 2 is 1.81 bits per heavy atom. The fraction of sp³-hybridized carbons (Fsp3) is 0.320. The standard InChI is InChI=1S/C25H28N4O2/c1-31-23-10-6-5-9-20(23)11-14-26-25(30)21-12-15-29(16-13-21)24-17-22(27-18-28-24)19-7-3-2-4-8-19/h2-10,17-18,21H,11-16H2,1H3,(H,26,30). The Bertz CT molecular complexity index is 1000. The molecule has 1 N–H and O–H groups in total. The fourth-order valence-corrected chi connectivity index (χ4v) is 4.03. The van der Waals surface area contributed by atoms with E-state index < -0.39 is 0 Å². The molecule has 1 amide bonds. The summed E-state index contributed by atoms with van der Waals surface area (Å²) in [5.41, 5.74) is 3.11. The van der Waals surface area contributed by atoms with Gasteiger partial charge >= 0.3 is 0 Å².